The Labute approximate surface area is 155 Å². The second-order valence-corrected chi connectivity index (χ2v) is 6.09. The molecule has 0 saturated carbocycles. The van der Waals surface area contributed by atoms with Crippen LogP contribution in [0.2, 0.25) is 0 Å². The van der Waals surface area contributed by atoms with Crippen LogP contribution in [-0.2, 0) is 16.1 Å². The van der Waals surface area contributed by atoms with Gasteiger partial charge in [-0.2, -0.15) is 5.10 Å². The maximum Gasteiger partial charge on any atom is 0.303 e. The smallest absolute Gasteiger partial charge is 0.303 e. The topological polar surface area (TPSA) is 101 Å². The Morgan fingerprint density at radius 1 is 1.04 bits per heavy atom. The van der Waals surface area contributed by atoms with Crippen LogP contribution in [0.3, 0.4) is 0 Å². The molecule has 0 bridgehead atoms. The number of hydrogen-bond acceptors (Lipinski definition) is 4. The fourth-order valence-electron chi connectivity index (χ4n) is 2.81. The number of carboxylic acids is 1. The van der Waals surface area contributed by atoms with Gasteiger partial charge in [0.05, 0.1) is 5.69 Å². The van der Waals surface area contributed by atoms with Gasteiger partial charge in [0, 0.05) is 24.6 Å². The average Bonchev–Trinajstić information content (AvgIpc) is 2.66. The highest BCUT2D eigenvalue weighted by Crippen LogP contribution is 2.26. The van der Waals surface area contributed by atoms with Crippen LogP contribution in [0.4, 0.5) is 0 Å². The third-order valence-electron chi connectivity index (χ3n) is 4.12. The molecule has 1 heterocycles. The Morgan fingerprint density at radius 2 is 1.81 bits per heavy atom. The van der Waals surface area contributed by atoms with Gasteiger partial charge in [0.15, 0.2) is 0 Å². The van der Waals surface area contributed by atoms with Crippen LogP contribution in [0.1, 0.15) is 12.8 Å². The Bertz CT molecular complexity index is 1040. The molecule has 138 valence electrons. The van der Waals surface area contributed by atoms with Crippen molar-refractivity contribution in [3.8, 4) is 11.3 Å². The molecule has 27 heavy (non-hydrogen) atoms. The quantitative estimate of drug-likeness (QED) is 0.624. The van der Waals surface area contributed by atoms with Crippen LogP contribution in [-0.4, -0.2) is 33.3 Å². The van der Waals surface area contributed by atoms with Gasteiger partial charge in [-0.15, -0.1) is 0 Å². The summed E-state index contributed by atoms with van der Waals surface area (Å²) in [6, 6.07) is 16.7. The number of nitrogens with one attached hydrogen (secondary N) is 1. The fraction of sp³-hybridized carbons (Fsp3) is 0.200. The molecule has 0 aliphatic heterocycles. The highest BCUT2D eigenvalue weighted by atomic mass is 16.4. The van der Waals surface area contributed by atoms with E-state index in [-0.39, 0.29) is 31.0 Å². The third-order valence-corrected chi connectivity index (χ3v) is 4.12. The molecule has 7 nitrogen and oxygen atoms in total. The van der Waals surface area contributed by atoms with Crippen molar-refractivity contribution in [3.63, 3.8) is 0 Å². The molecule has 3 rings (SSSR count). The zero-order valence-electron chi connectivity index (χ0n) is 14.6. The molecule has 3 aromatic rings. The number of fused-ring (bicyclic) bond motifs is 1. The summed E-state index contributed by atoms with van der Waals surface area (Å²) in [4.78, 5) is 34.6. The lowest BCUT2D eigenvalue weighted by Crippen LogP contribution is -2.34. The van der Waals surface area contributed by atoms with Crippen molar-refractivity contribution in [1.29, 1.82) is 0 Å². The van der Waals surface area contributed by atoms with Gasteiger partial charge in [0.2, 0.25) is 5.91 Å². The molecular weight excluding hydrogens is 346 g/mol. The van der Waals surface area contributed by atoms with Gasteiger partial charge < -0.3 is 10.4 Å². The molecule has 0 fully saturated rings. The lowest BCUT2D eigenvalue weighted by molar-refractivity contribution is -0.137. The van der Waals surface area contributed by atoms with Crippen LogP contribution in [0, 0.1) is 0 Å². The first-order valence-corrected chi connectivity index (χ1v) is 8.59. The number of benzene rings is 2. The standard InChI is InChI=1S/C20H19N3O4/c24-18(21-12-4-9-20(26)27)13-23-19(25)11-10-17(22-23)16-8-3-6-14-5-1-2-7-15(14)16/h1-3,5-8,10-11H,4,9,12-13H2,(H,21,24)(H,26,27). The minimum absolute atomic E-state index is 0.0188. The van der Waals surface area contributed by atoms with Gasteiger partial charge in [0.1, 0.15) is 6.54 Å². The van der Waals surface area contributed by atoms with Crippen LogP contribution in [0.25, 0.3) is 22.0 Å². The maximum atomic E-state index is 12.1. The van der Waals surface area contributed by atoms with E-state index in [9.17, 15) is 14.4 Å². The molecule has 0 aliphatic rings. The lowest BCUT2D eigenvalue weighted by atomic mass is 10.0. The van der Waals surface area contributed by atoms with Crippen LogP contribution in [0.5, 0.6) is 0 Å². The van der Waals surface area contributed by atoms with Crippen molar-refractivity contribution in [1.82, 2.24) is 15.1 Å². The molecule has 7 heteroatoms. The maximum absolute atomic E-state index is 12.1. The van der Waals surface area contributed by atoms with Gasteiger partial charge in [-0.1, -0.05) is 42.5 Å². The first kappa shape index (κ1) is 18.3. The summed E-state index contributed by atoms with van der Waals surface area (Å²) >= 11 is 0. The van der Waals surface area contributed by atoms with Crippen molar-refractivity contribution >= 4 is 22.6 Å². The van der Waals surface area contributed by atoms with E-state index in [0.717, 1.165) is 21.0 Å². The van der Waals surface area contributed by atoms with E-state index in [1.165, 1.54) is 6.07 Å². The third kappa shape index (κ3) is 4.58. The van der Waals surface area contributed by atoms with Crippen LogP contribution in [0.15, 0.2) is 59.4 Å². The van der Waals surface area contributed by atoms with Gasteiger partial charge in [-0.3, -0.25) is 14.4 Å². The number of carbonyl (C=O) groups excluding carboxylic acids is 1. The van der Waals surface area contributed by atoms with Crippen LogP contribution >= 0.6 is 0 Å². The summed E-state index contributed by atoms with van der Waals surface area (Å²) in [7, 11) is 0. The summed E-state index contributed by atoms with van der Waals surface area (Å²) in [5.41, 5.74) is 1.11. The van der Waals surface area contributed by atoms with E-state index in [4.69, 9.17) is 5.11 Å². The SMILES string of the molecule is O=C(O)CCCNC(=O)Cn1nc(-c2cccc3ccccc23)ccc1=O. The number of hydrogen-bond donors (Lipinski definition) is 2. The van der Waals surface area contributed by atoms with Crippen molar-refractivity contribution in [2.24, 2.45) is 0 Å². The molecule has 2 aromatic carbocycles. The van der Waals surface area contributed by atoms with E-state index in [1.54, 1.807) is 6.07 Å². The molecule has 1 amide bonds. The molecule has 0 unspecified atom stereocenters. The summed E-state index contributed by atoms with van der Waals surface area (Å²) in [5, 5.41) is 17.6. The van der Waals surface area contributed by atoms with Crippen molar-refractivity contribution in [2.75, 3.05) is 6.54 Å². The second kappa shape index (κ2) is 8.27. The molecule has 2 N–H and O–H groups in total. The Hall–Kier alpha value is -3.48. The number of rotatable bonds is 7. The molecule has 0 spiro atoms. The first-order valence-electron chi connectivity index (χ1n) is 8.59. The molecule has 0 aliphatic carbocycles. The predicted molar refractivity (Wildman–Crippen MR) is 101 cm³/mol. The molecule has 0 radical (unpaired) electrons. The summed E-state index contributed by atoms with van der Waals surface area (Å²) in [6.45, 7) is 0.0212. The van der Waals surface area contributed by atoms with Crippen molar-refractivity contribution in [3.05, 3.63) is 65.0 Å². The molecule has 0 atom stereocenters. The number of carboxylic acid groups (broad SMARTS) is 1. The first-order chi connectivity index (χ1) is 13.0. The molecule has 0 saturated heterocycles. The van der Waals surface area contributed by atoms with Gasteiger partial charge in [-0.05, 0) is 23.3 Å². The number of aliphatic carboxylic acids is 1. The Kier molecular flexibility index (Phi) is 5.61. The van der Waals surface area contributed by atoms with Crippen LogP contribution < -0.4 is 10.9 Å². The van der Waals surface area contributed by atoms with Crippen molar-refractivity contribution in [2.45, 2.75) is 19.4 Å². The van der Waals surface area contributed by atoms with E-state index in [2.05, 4.69) is 10.4 Å². The number of nitrogens with zero attached hydrogens (tertiary/aromatic N) is 2. The Morgan fingerprint density at radius 3 is 2.63 bits per heavy atom. The van der Waals surface area contributed by atoms with Gasteiger partial charge in [-0.25, -0.2) is 4.68 Å². The zero-order valence-corrected chi connectivity index (χ0v) is 14.6. The highest BCUT2D eigenvalue weighted by Gasteiger charge is 2.10. The van der Waals surface area contributed by atoms with E-state index >= 15 is 0 Å². The zero-order chi connectivity index (χ0) is 19.2. The summed E-state index contributed by atoms with van der Waals surface area (Å²) in [6.07, 6.45) is 0.314. The van der Waals surface area contributed by atoms with E-state index in [1.807, 2.05) is 42.5 Å². The number of amides is 1. The molecular formula is C20H19N3O4. The lowest BCUT2D eigenvalue weighted by Gasteiger charge is -2.10. The Balaban J connectivity index is 1.79. The fourth-order valence-corrected chi connectivity index (χ4v) is 2.81. The predicted octanol–water partition coefficient (Wildman–Crippen LogP) is 2.04. The highest BCUT2D eigenvalue weighted by molar-refractivity contribution is 5.95. The van der Waals surface area contributed by atoms with E-state index in [0.29, 0.717) is 12.1 Å². The number of aromatic nitrogens is 2. The minimum atomic E-state index is -0.912. The minimum Gasteiger partial charge on any atom is -0.481 e. The van der Waals surface area contributed by atoms with Gasteiger partial charge in [0.25, 0.3) is 5.56 Å². The number of carbonyl (C=O) groups is 2. The largest absolute Gasteiger partial charge is 0.481 e. The summed E-state index contributed by atoms with van der Waals surface area (Å²) < 4.78 is 1.11. The molecule has 1 aromatic heterocycles. The summed E-state index contributed by atoms with van der Waals surface area (Å²) in [5.74, 6) is -1.30. The van der Waals surface area contributed by atoms with E-state index < -0.39 is 5.97 Å². The van der Waals surface area contributed by atoms with Gasteiger partial charge >= 0.3 is 5.97 Å². The monoisotopic (exact) mass is 365 g/mol. The normalized spacial score (nSPS) is 10.7. The second-order valence-electron chi connectivity index (χ2n) is 6.09. The van der Waals surface area contributed by atoms with Crippen molar-refractivity contribution < 1.29 is 14.7 Å². The average molecular weight is 365 g/mol.